The molecule has 0 saturated carbocycles. The molecule has 2 heterocycles. The molecule has 1 aromatic heterocycles. The van der Waals surface area contributed by atoms with Gasteiger partial charge in [-0.3, -0.25) is 4.79 Å². The van der Waals surface area contributed by atoms with Crippen LogP contribution in [-0.2, 0) is 11.2 Å². The highest BCUT2D eigenvalue weighted by molar-refractivity contribution is 5.85. The van der Waals surface area contributed by atoms with Crippen molar-refractivity contribution >= 4 is 29.4 Å². The Labute approximate surface area is 136 Å². The lowest BCUT2D eigenvalue weighted by molar-refractivity contribution is -0.139. The molecule has 1 fully saturated rings. The average molecular weight is 324 g/mol. The zero-order chi connectivity index (χ0) is 14.8. The number of rotatable bonds is 4. The average Bonchev–Trinajstić information content (AvgIpc) is 2.83. The van der Waals surface area contributed by atoms with E-state index in [4.69, 9.17) is 5.11 Å². The highest BCUT2D eigenvalue weighted by atomic mass is 35.5. The molecule has 2 atom stereocenters. The van der Waals surface area contributed by atoms with Crippen molar-refractivity contribution in [1.29, 1.82) is 0 Å². The molecule has 2 aromatic rings. The van der Waals surface area contributed by atoms with E-state index in [1.807, 2.05) is 24.3 Å². The van der Waals surface area contributed by atoms with Crippen molar-refractivity contribution in [2.75, 3.05) is 20.1 Å². The van der Waals surface area contributed by atoms with Crippen LogP contribution in [0.4, 0.5) is 0 Å². The molecule has 6 heteroatoms. The summed E-state index contributed by atoms with van der Waals surface area (Å²) in [5.41, 5.74) is 2.03. The summed E-state index contributed by atoms with van der Waals surface area (Å²) in [6, 6.07) is 7.99. The molecule has 0 spiro atoms. The molecule has 1 aliphatic heterocycles. The maximum absolute atomic E-state index is 11.1. The Bertz CT molecular complexity index is 610. The summed E-state index contributed by atoms with van der Waals surface area (Å²) in [6.07, 6.45) is 2.03. The van der Waals surface area contributed by atoms with Crippen molar-refractivity contribution in [3.8, 4) is 0 Å². The Morgan fingerprint density at radius 2 is 2.18 bits per heavy atom. The van der Waals surface area contributed by atoms with E-state index in [0.717, 1.165) is 42.8 Å². The number of carboxylic acids is 1. The van der Waals surface area contributed by atoms with Crippen LogP contribution in [0.25, 0.3) is 11.0 Å². The molecule has 2 N–H and O–H groups in total. The molecule has 0 bridgehead atoms. The van der Waals surface area contributed by atoms with Gasteiger partial charge in [-0.1, -0.05) is 12.1 Å². The van der Waals surface area contributed by atoms with Gasteiger partial charge >= 0.3 is 5.97 Å². The summed E-state index contributed by atoms with van der Waals surface area (Å²) in [5, 5.41) is 9.09. The van der Waals surface area contributed by atoms with Crippen molar-refractivity contribution < 1.29 is 9.90 Å². The number of aromatic nitrogens is 2. The third kappa shape index (κ3) is 3.78. The van der Waals surface area contributed by atoms with Gasteiger partial charge in [-0.25, -0.2) is 4.98 Å². The highest BCUT2D eigenvalue weighted by Gasteiger charge is 2.30. The summed E-state index contributed by atoms with van der Waals surface area (Å²) in [5.74, 6) is 0.860. The molecule has 0 amide bonds. The first kappa shape index (κ1) is 16.8. The summed E-state index contributed by atoms with van der Waals surface area (Å²) in [7, 11) is 2.10. The van der Waals surface area contributed by atoms with Crippen LogP contribution in [0.2, 0.25) is 0 Å². The number of halogens is 1. The van der Waals surface area contributed by atoms with E-state index < -0.39 is 5.97 Å². The molecule has 5 nitrogen and oxygen atoms in total. The molecular weight excluding hydrogens is 302 g/mol. The van der Waals surface area contributed by atoms with E-state index in [-0.39, 0.29) is 24.7 Å². The largest absolute Gasteiger partial charge is 0.481 e. The summed E-state index contributed by atoms with van der Waals surface area (Å²) < 4.78 is 0. The van der Waals surface area contributed by atoms with Crippen molar-refractivity contribution in [2.24, 2.45) is 11.8 Å². The van der Waals surface area contributed by atoms with Gasteiger partial charge in [0.05, 0.1) is 11.0 Å². The second-order valence-corrected chi connectivity index (χ2v) is 6.07. The van der Waals surface area contributed by atoms with Crippen LogP contribution in [0, 0.1) is 11.8 Å². The van der Waals surface area contributed by atoms with Gasteiger partial charge < -0.3 is 15.0 Å². The van der Waals surface area contributed by atoms with Gasteiger partial charge in [0.2, 0.25) is 0 Å². The van der Waals surface area contributed by atoms with E-state index in [1.165, 1.54) is 0 Å². The van der Waals surface area contributed by atoms with Crippen LogP contribution in [0.5, 0.6) is 0 Å². The quantitative estimate of drug-likeness (QED) is 0.907. The summed E-state index contributed by atoms with van der Waals surface area (Å²) in [6.45, 7) is 1.92. The third-order valence-electron chi connectivity index (χ3n) is 4.43. The fraction of sp³-hybridized carbons (Fsp3) is 0.500. The zero-order valence-corrected chi connectivity index (χ0v) is 13.5. The molecular formula is C16H22ClN3O2. The number of nitrogens with one attached hydrogen (secondary N) is 1. The van der Waals surface area contributed by atoms with Crippen LogP contribution in [0.1, 0.15) is 18.7 Å². The second-order valence-electron chi connectivity index (χ2n) is 6.07. The number of piperidine rings is 1. The number of para-hydroxylation sites is 2. The van der Waals surface area contributed by atoms with Crippen LogP contribution in [0.15, 0.2) is 24.3 Å². The third-order valence-corrected chi connectivity index (χ3v) is 4.43. The van der Waals surface area contributed by atoms with E-state index >= 15 is 0 Å². The van der Waals surface area contributed by atoms with Crippen LogP contribution in [-0.4, -0.2) is 46.1 Å². The monoisotopic (exact) mass is 323 g/mol. The van der Waals surface area contributed by atoms with E-state index in [0.29, 0.717) is 5.92 Å². The molecule has 1 aromatic carbocycles. The molecule has 120 valence electrons. The Morgan fingerprint density at radius 3 is 2.91 bits per heavy atom. The maximum Gasteiger partial charge on any atom is 0.303 e. The van der Waals surface area contributed by atoms with E-state index in [9.17, 15) is 4.79 Å². The first-order chi connectivity index (χ1) is 10.1. The summed E-state index contributed by atoms with van der Waals surface area (Å²) in [4.78, 5) is 21.3. The van der Waals surface area contributed by atoms with Gasteiger partial charge in [0, 0.05) is 19.4 Å². The predicted molar refractivity (Wildman–Crippen MR) is 88.4 cm³/mol. The SMILES string of the molecule is CN1CC[C@@H](CC(=O)O)[C@@H](Cc2nc3ccccc3[nH]2)C1.Cl. The number of aliphatic carboxylic acids is 1. The van der Waals surface area contributed by atoms with Crippen LogP contribution >= 0.6 is 12.4 Å². The van der Waals surface area contributed by atoms with Gasteiger partial charge in [0.15, 0.2) is 0 Å². The fourth-order valence-corrected chi connectivity index (χ4v) is 3.34. The Kier molecular flexibility index (Phi) is 5.42. The first-order valence-electron chi connectivity index (χ1n) is 7.46. The minimum atomic E-state index is -0.695. The zero-order valence-electron chi connectivity index (χ0n) is 12.7. The fourth-order valence-electron chi connectivity index (χ4n) is 3.34. The van der Waals surface area contributed by atoms with Gasteiger partial charge in [-0.15, -0.1) is 12.4 Å². The Hall–Kier alpha value is -1.59. The minimum Gasteiger partial charge on any atom is -0.481 e. The smallest absolute Gasteiger partial charge is 0.303 e. The van der Waals surface area contributed by atoms with E-state index in [2.05, 4.69) is 21.9 Å². The highest BCUT2D eigenvalue weighted by Crippen LogP contribution is 2.28. The predicted octanol–water partition coefficient (Wildman–Crippen LogP) is 2.57. The number of fused-ring (bicyclic) bond motifs is 1. The Balaban J connectivity index is 0.00000176. The van der Waals surface area contributed by atoms with Gasteiger partial charge in [-0.05, 0) is 44.0 Å². The molecule has 0 unspecified atom stereocenters. The van der Waals surface area contributed by atoms with Gasteiger partial charge in [0.1, 0.15) is 5.82 Å². The van der Waals surface area contributed by atoms with E-state index in [1.54, 1.807) is 0 Å². The topological polar surface area (TPSA) is 69.2 Å². The molecule has 0 aliphatic carbocycles. The number of imidazole rings is 1. The normalized spacial score (nSPS) is 22.4. The minimum absolute atomic E-state index is 0. The maximum atomic E-state index is 11.1. The number of aromatic amines is 1. The molecule has 1 aliphatic rings. The molecule has 3 rings (SSSR count). The van der Waals surface area contributed by atoms with Crippen LogP contribution < -0.4 is 0 Å². The van der Waals surface area contributed by atoms with Gasteiger partial charge in [0.25, 0.3) is 0 Å². The lowest BCUT2D eigenvalue weighted by Crippen LogP contribution is -2.40. The molecule has 22 heavy (non-hydrogen) atoms. The number of H-pyrrole nitrogens is 1. The lowest BCUT2D eigenvalue weighted by Gasteiger charge is -2.35. The van der Waals surface area contributed by atoms with Crippen molar-refractivity contribution in [2.45, 2.75) is 19.3 Å². The second kappa shape index (κ2) is 7.11. The van der Waals surface area contributed by atoms with Crippen LogP contribution in [0.3, 0.4) is 0 Å². The molecule has 1 saturated heterocycles. The lowest BCUT2D eigenvalue weighted by atomic mass is 9.81. The molecule has 0 radical (unpaired) electrons. The standard InChI is InChI=1S/C16H21N3O2.ClH/c1-19-7-6-11(9-16(20)21)12(10-19)8-15-17-13-4-2-3-5-14(13)18-15;/h2-5,11-12H,6-10H2,1H3,(H,17,18)(H,20,21);1H/t11-,12-;/m0./s1. The van der Waals surface area contributed by atoms with Crippen molar-refractivity contribution in [3.05, 3.63) is 30.1 Å². The number of benzene rings is 1. The Morgan fingerprint density at radius 1 is 1.41 bits per heavy atom. The number of nitrogens with zero attached hydrogens (tertiary/aromatic N) is 2. The number of carbonyl (C=O) groups is 1. The summed E-state index contributed by atoms with van der Waals surface area (Å²) >= 11 is 0. The first-order valence-corrected chi connectivity index (χ1v) is 7.46. The van der Waals surface area contributed by atoms with Crippen molar-refractivity contribution in [1.82, 2.24) is 14.9 Å². The number of likely N-dealkylation sites (tertiary alicyclic amines) is 1. The number of hydrogen-bond donors (Lipinski definition) is 2. The van der Waals surface area contributed by atoms with Gasteiger partial charge in [-0.2, -0.15) is 0 Å². The number of hydrogen-bond acceptors (Lipinski definition) is 3. The number of carboxylic acid groups (broad SMARTS) is 1. The van der Waals surface area contributed by atoms with Crippen molar-refractivity contribution in [3.63, 3.8) is 0 Å².